The highest BCUT2D eigenvalue weighted by atomic mass is 19.4. The third kappa shape index (κ3) is 3.72. The molecule has 1 N–H and O–H groups in total. The van der Waals surface area contributed by atoms with Gasteiger partial charge < -0.3 is 5.32 Å². The summed E-state index contributed by atoms with van der Waals surface area (Å²) in [5.41, 5.74) is 0.443. The van der Waals surface area contributed by atoms with Gasteiger partial charge in [-0.25, -0.2) is 14.6 Å². The van der Waals surface area contributed by atoms with E-state index in [-0.39, 0.29) is 18.7 Å². The zero-order valence-corrected chi connectivity index (χ0v) is 12.7. The number of carbonyl (C=O) groups is 1. The van der Waals surface area contributed by atoms with Crippen LogP contribution in [-0.2, 0) is 4.79 Å². The van der Waals surface area contributed by atoms with Gasteiger partial charge in [0, 0.05) is 5.92 Å². The van der Waals surface area contributed by atoms with Gasteiger partial charge in [0.2, 0.25) is 5.91 Å². The van der Waals surface area contributed by atoms with Crippen LogP contribution in [0.15, 0.2) is 31.0 Å². The van der Waals surface area contributed by atoms with Crippen LogP contribution in [0.25, 0.3) is 5.82 Å². The van der Waals surface area contributed by atoms with Gasteiger partial charge in [-0.1, -0.05) is 6.42 Å². The second-order valence-electron chi connectivity index (χ2n) is 5.84. The summed E-state index contributed by atoms with van der Waals surface area (Å²) in [7, 11) is 0. The largest absolute Gasteiger partial charge is 0.391 e. The molecule has 1 amide bonds. The number of anilines is 1. The molecule has 9 heteroatoms. The Bertz CT molecular complexity index is 684. The first kappa shape index (κ1) is 16.4. The van der Waals surface area contributed by atoms with Crippen LogP contribution in [0.3, 0.4) is 0 Å². The topological polar surface area (TPSA) is 72.7 Å². The number of halogens is 3. The molecule has 2 aromatic heterocycles. The molecular weight excluding hydrogens is 323 g/mol. The molecule has 128 valence electrons. The zero-order chi connectivity index (χ0) is 17.2. The lowest BCUT2D eigenvalue weighted by Gasteiger charge is -2.29. The minimum absolute atomic E-state index is 0.0986. The van der Waals surface area contributed by atoms with Gasteiger partial charge in [-0.15, -0.1) is 0 Å². The average Bonchev–Trinajstić information content (AvgIpc) is 3.09. The number of hydrogen-bond acceptors (Lipinski definition) is 4. The molecule has 2 heterocycles. The summed E-state index contributed by atoms with van der Waals surface area (Å²) >= 11 is 0. The van der Waals surface area contributed by atoms with Crippen LogP contribution < -0.4 is 5.32 Å². The molecular formula is C15H16F3N5O. The Morgan fingerprint density at radius 3 is 2.75 bits per heavy atom. The molecule has 3 rings (SSSR count). The van der Waals surface area contributed by atoms with Crippen molar-refractivity contribution < 1.29 is 18.0 Å². The Morgan fingerprint density at radius 1 is 1.29 bits per heavy atom. The van der Waals surface area contributed by atoms with E-state index in [4.69, 9.17) is 0 Å². The van der Waals surface area contributed by atoms with Crippen molar-refractivity contribution in [2.24, 2.45) is 11.8 Å². The molecule has 6 nitrogen and oxygen atoms in total. The van der Waals surface area contributed by atoms with E-state index < -0.39 is 18.0 Å². The van der Waals surface area contributed by atoms with Crippen LogP contribution in [0.4, 0.5) is 18.9 Å². The second-order valence-corrected chi connectivity index (χ2v) is 5.84. The maximum Gasteiger partial charge on any atom is 0.391 e. The number of carbonyl (C=O) groups excluding carboxylic acids is 1. The first-order chi connectivity index (χ1) is 11.4. The third-order valence-electron chi connectivity index (χ3n) is 4.18. The smallest absolute Gasteiger partial charge is 0.324 e. The van der Waals surface area contributed by atoms with Crippen molar-refractivity contribution in [2.45, 2.75) is 31.9 Å². The fourth-order valence-electron chi connectivity index (χ4n) is 2.89. The molecule has 0 aromatic carbocycles. The van der Waals surface area contributed by atoms with Crippen LogP contribution in [0.1, 0.15) is 25.7 Å². The Hall–Kier alpha value is -2.45. The Morgan fingerprint density at radius 2 is 2.12 bits per heavy atom. The first-order valence-corrected chi connectivity index (χ1v) is 7.62. The van der Waals surface area contributed by atoms with E-state index in [0.717, 1.165) is 0 Å². The van der Waals surface area contributed by atoms with Gasteiger partial charge in [-0.2, -0.15) is 18.3 Å². The zero-order valence-electron chi connectivity index (χ0n) is 12.7. The van der Waals surface area contributed by atoms with Crippen LogP contribution in [0, 0.1) is 11.8 Å². The van der Waals surface area contributed by atoms with Crippen molar-refractivity contribution in [2.75, 3.05) is 5.32 Å². The van der Waals surface area contributed by atoms with E-state index in [1.165, 1.54) is 23.5 Å². The van der Waals surface area contributed by atoms with Crippen molar-refractivity contribution in [3.63, 3.8) is 0 Å². The van der Waals surface area contributed by atoms with Crippen molar-refractivity contribution in [1.82, 2.24) is 19.7 Å². The van der Waals surface area contributed by atoms with Crippen LogP contribution >= 0.6 is 0 Å². The van der Waals surface area contributed by atoms with Gasteiger partial charge in [0.15, 0.2) is 5.82 Å². The van der Waals surface area contributed by atoms with Crippen molar-refractivity contribution >= 4 is 11.6 Å². The predicted octanol–water partition coefficient (Wildman–Crippen LogP) is 2.97. The van der Waals surface area contributed by atoms with Crippen LogP contribution in [-0.4, -0.2) is 31.8 Å². The molecule has 0 aliphatic heterocycles. The van der Waals surface area contributed by atoms with Gasteiger partial charge in [-0.05, 0) is 31.4 Å². The summed E-state index contributed by atoms with van der Waals surface area (Å²) in [5, 5.41) is 6.57. The molecule has 1 aliphatic rings. The molecule has 0 bridgehead atoms. The number of nitrogens with one attached hydrogen (secondary N) is 1. The Kier molecular flexibility index (Phi) is 4.50. The van der Waals surface area contributed by atoms with E-state index >= 15 is 0 Å². The van der Waals surface area contributed by atoms with Crippen molar-refractivity contribution in [3.05, 3.63) is 31.0 Å². The summed E-state index contributed by atoms with van der Waals surface area (Å²) in [6.07, 6.45) is 0.895. The van der Waals surface area contributed by atoms with E-state index in [2.05, 4.69) is 20.4 Å². The van der Waals surface area contributed by atoms with Gasteiger partial charge in [-0.3, -0.25) is 4.79 Å². The van der Waals surface area contributed by atoms with Crippen LogP contribution in [0.5, 0.6) is 0 Å². The van der Waals surface area contributed by atoms with Crippen LogP contribution in [0.2, 0.25) is 0 Å². The van der Waals surface area contributed by atoms with E-state index in [9.17, 15) is 18.0 Å². The SMILES string of the molecule is O=C(Nc1ccc(-n2cncn2)nc1)[C@@H]1CCC[C@H](C(F)(F)F)C1. The van der Waals surface area contributed by atoms with E-state index in [1.807, 2.05) is 0 Å². The minimum atomic E-state index is -4.24. The molecule has 2 aromatic rings. The summed E-state index contributed by atoms with van der Waals surface area (Å²) < 4.78 is 39.9. The molecule has 0 radical (unpaired) electrons. The van der Waals surface area contributed by atoms with Gasteiger partial charge in [0.25, 0.3) is 0 Å². The molecule has 2 atom stereocenters. The number of alkyl halides is 3. The lowest BCUT2D eigenvalue weighted by atomic mass is 9.80. The Labute approximate surface area is 136 Å². The first-order valence-electron chi connectivity index (χ1n) is 7.62. The number of hydrogen-bond donors (Lipinski definition) is 1. The fraction of sp³-hybridized carbons (Fsp3) is 0.467. The normalized spacial score (nSPS) is 21.5. The molecule has 24 heavy (non-hydrogen) atoms. The highest BCUT2D eigenvalue weighted by Gasteiger charge is 2.43. The molecule has 1 fully saturated rings. The number of pyridine rings is 1. The summed E-state index contributed by atoms with van der Waals surface area (Å²) in [6.45, 7) is 0. The van der Waals surface area contributed by atoms with Gasteiger partial charge in [0.05, 0.1) is 17.8 Å². The maximum atomic E-state index is 12.8. The third-order valence-corrected chi connectivity index (χ3v) is 4.18. The second kappa shape index (κ2) is 6.58. The maximum absolute atomic E-state index is 12.8. The minimum Gasteiger partial charge on any atom is -0.324 e. The number of nitrogens with zero attached hydrogens (tertiary/aromatic N) is 4. The van der Waals surface area contributed by atoms with Crippen molar-refractivity contribution in [1.29, 1.82) is 0 Å². The Balaban J connectivity index is 1.62. The number of aromatic nitrogens is 4. The van der Waals surface area contributed by atoms with Gasteiger partial charge >= 0.3 is 6.18 Å². The fourth-order valence-corrected chi connectivity index (χ4v) is 2.89. The average molecular weight is 339 g/mol. The number of amides is 1. The van der Waals surface area contributed by atoms with Crippen molar-refractivity contribution in [3.8, 4) is 5.82 Å². The highest BCUT2D eigenvalue weighted by Crippen LogP contribution is 2.40. The molecule has 0 spiro atoms. The molecule has 1 saturated carbocycles. The van der Waals surface area contributed by atoms with E-state index in [0.29, 0.717) is 24.3 Å². The molecule has 0 unspecified atom stereocenters. The quantitative estimate of drug-likeness (QED) is 0.933. The lowest BCUT2D eigenvalue weighted by molar-refractivity contribution is -0.185. The lowest BCUT2D eigenvalue weighted by Crippen LogP contribution is -2.34. The van der Waals surface area contributed by atoms with E-state index in [1.54, 1.807) is 12.1 Å². The monoisotopic (exact) mass is 339 g/mol. The molecule has 0 saturated heterocycles. The summed E-state index contributed by atoms with van der Waals surface area (Å²) in [4.78, 5) is 20.2. The standard InChI is InChI=1S/C15H16F3N5O/c16-15(17,18)11-3-1-2-10(6-11)14(24)22-12-4-5-13(20-7-12)23-9-19-8-21-23/h4-5,7-11H,1-3,6H2,(H,22,24)/t10-,11+/m1/s1. The predicted molar refractivity (Wildman–Crippen MR) is 79.3 cm³/mol. The summed E-state index contributed by atoms with van der Waals surface area (Å²) in [5.74, 6) is -1.88. The number of rotatable bonds is 3. The molecule has 1 aliphatic carbocycles. The van der Waals surface area contributed by atoms with Gasteiger partial charge in [0.1, 0.15) is 12.7 Å². The highest BCUT2D eigenvalue weighted by molar-refractivity contribution is 5.92. The summed E-state index contributed by atoms with van der Waals surface area (Å²) in [6, 6.07) is 3.27.